The minimum absolute atomic E-state index is 0.531. The molecule has 0 radical (unpaired) electrons. The molecule has 3 heteroatoms. The fourth-order valence-corrected chi connectivity index (χ4v) is 3.11. The number of hydrogen-bond donors (Lipinski definition) is 1. The van der Waals surface area contributed by atoms with E-state index >= 15 is 0 Å². The molecule has 92 valence electrons. The Balaban J connectivity index is 1.77. The molecule has 1 spiro atoms. The lowest BCUT2D eigenvalue weighted by Gasteiger charge is -2.24. The Labute approximate surface area is 103 Å². The second-order valence-electron chi connectivity index (χ2n) is 5.30. The highest BCUT2D eigenvalue weighted by atomic mass is 16.5. The topological polar surface area (TPSA) is 24.5 Å². The summed E-state index contributed by atoms with van der Waals surface area (Å²) in [6, 6.07) is 8.41. The fourth-order valence-electron chi connectivity index (χ4n) is 3.11. The van der Waals surface area contributed by atoms with Gasteiger partial charge >= 0.3 is 0 Å². The van der Waals surface area contributed by atoms with Crippen molar-refractivity contribution in [3.63, 3.8) is 0 Å². The van der Waals surface area contributed by atoms with Gasteiger partial charge < -0.3 is 15.0 Å². The van der Waals surface area contributed by atoms with E-state index in [0.29, 0.717) is 5.41 Å². The normalized spacial score (nSPS) is 27.9. The predicted molar refractivity (Wildman–Crippen MR) is 69.7 cm³/mol. The molecule has 17 heavy (non-hydrogen) atoms. The standard InChI is InChI=1S/C14H20N2O/c1-17-13-4-2-3-12(9-13)16-8-6-14(11-16)5-7-15-10-14/h2-4,9,15H,5-8,10-11H2,1H3. The lowest BCUT2D eigenvalue weighted by atomic mass is 9.86. The Morgan fingerprint density at radius 3 is 3.06 bits per heavy atom. The van der Waals surface area contributed by atoms with Crippen LogP contribution in [0.5, 0.6) is 5.75 Å². The van der Waals surface area contributed by atoms with Crippen molar-refractivity contribution in [1.82, 2.24) is 5.32 Å². The third kappa shape index (κ3) is 2.00. The molecule has 0 aliphatic carbocycles. The molecule has 3 rings (SSSR count). The van der Waals surface area contributed by atoms with Crippen LogP contribution < -0.4 is 15.0 Å². The SMILES string of the molecule is COc1cccc(N2CCC3(CCNC3)C2)c1. The van der Waals surface area contributed by atoms with Gasteiger partial charge in [-0.15, -0.1) is 0 Å². The van der Waals surface area contributed by atoms with Crippen LogP contribution in [0.3, 0.4) is 0 Å². The number of ether oxygens (including phenoxy) is 1. The van der Waals surface area contributed by atoms with Crippen LogP contribution in [-0.2, 0) is 0 Å². The first-order valence-electron chi connectivity index (χ1n) is 6.41. The Morgan fingerprint density at radius 1 is 1.35 bits per heavy atom. The second kappa shape index (κ2) is 4.22. The first-order chi connectivity index (χ1) is 8.31. The molecule has 1 aromatic rings. The zero-order valence-corrected chi connectivity index (χ0v) is 10.4. The van der Waals surface area contributed by atoms with Crippen LogP contribution in [-0.4, -0.2) is 33.3 Å². The maximum Gasteiger partial charge on any atom is 0.120 e. The van der Waals surface area contributed by atoms with Crippen molar-refractivity contribution < 1.29 is 4.74 Å². The van der Waals surface area contributed by atoms with Crippen molar-refractivity contribution in [3.8, 4) is 5.75 Å². The van der Waals surface area contributed by atoms with Crippen molar-refractivity contribution in [2.45, 2.75) is 12.8 Å². The van der Waals surface area contributed by atoms with Crippen LogP contribution in [0, 0.1) is 5.41 Å². The van der Waals surface area contributed by atoms with Gasteiger partial charge in [0.25, 0.3) is 0 Å². The first-order valence-corrected chi connectivity index (χ1v) is 6.41. The number of hydrogen-bond acceptors (Lipinski definition) is 3. The number of methoxy groups -OCH3 is 1. The first kappa shape index (κ1) is 10.9. The molecule has 2 saturated heterocycles. The van der Waals surface area contributed by atoms with E-state index in [-0.39, 0.29) is 0 Å². The monoisotopic (exact) mass is 232 g/mol. The van der Waals surface area contributed by atoms with Gasteiger partial charge in [0.15, 0.2) is 0 Å². The van der Waals surface area contributed by atoms with Crippen LogP contribution in [0.25, 0.3) is 0 Å². The van der Waals surface area contributed by atoms with E-state index in [1.165, 1.54) is 44.7 Å². The van der Waals surface area contributed by atoms with E-state index in [1.807, 2.05) is 6.07 Å². The van der Waals surface area contributed by atoms with Crippen molar-refractivity contribution in [2.24, 2.45) is 5.41 Å². The van der Waals surface area contributed by atoms with Crippen LogP contribution in [0.2, 0.25) is 0 Å². The summed E-state index contributed by atoms with van der Waals surface area (Å²) in [7, 11) is 1.73. The van der Waals surface area contributed by atoms with Gasteiger partial charge in [-0.1, -0.05) is 6.07 Å². The molecular formula is C14H20N2O. The fraction of sp³-hybridized carbons (Fsp3) is 0.571. The number of nitrogens with zero attached hydrogens (tertiary/aromatic N) is 1. The van der Waals surface area contributed by atoms with E-state index in [4.69, 9.17) is 4.74 Å². The lowest BCUT2D eigenvalue weighted by Crippen LogP contribution is -2.29. The van der Waals surface area contributed by atoms with Gasteiger partial charge in [0.2, 0.25) is 0 Å². The Morgan fingerprint density at radius 2 is 2.29 bits per heavy atom. The summed E-state index contributed by atoms with van der Waals surface area (Å²) < 4.78 is 5.29. The summed E-state index contributed by atoms with van der Waals surface area (Å²) in [5, 5.41) is 3.50. The molecule has 0 aromatic heterocycles. The van der Waals surface area contributed by atoms with Gasteiger partial charge in [0.1, 0.15) is 5.75 Å². The Hall–Kier alpha value is -1.22. The maximum absolute atomic E-state index is 5.29. The average molecular weight is 232 g/mol. The molecule has 1 N–H and O–H groups in total. The van der Waals surface area contributed by atoms with E-state index in [1.54, 1.807) is 7.11 Å². The minimum Gasteiger partial charge on any atom is -0.497 e. The Bertz CT molecular complexity index is 399. The van der Waals surface area contributed by atoms with Gasteiger partial charge in [-0.3, -0.25) is 0 Å². The predicted octanol–water partition coefficient (Wildman–Crippen LogP) is 1.88. The molecule has 3 nitrogen and oxygen atoms in total. The molecule has 2 heterocycles. The highest BCUT2D eigenvalue weighted by molar-refractivity contribution is 5.52. The van der Waals surface area contributed by atoms with Gasteiger partial charge in [-0.05, 0) is 31.5 Å². The van der Waals surface area contributed by atoms with E-state index in [9.17, 15) is 0 Å². The van der Waals surface area contributed by atoms with Crippen LogP contribution in [0.4, 0.5) is 5.69 Å². The van der Waals surface area contributed by atoms with Crippen molar-refractivity contribution in [2.75, 3.05) is 38.2 Å². The van der Waals surface area contributed by atoms with E-state index < -0.39 is 0 Å². The summed E-state index contributed by atoms with van der Waals surface area (Å²) in [6.45, 7) is 4.74. The van der Waals surface area contributed by atoms with Crippen LogP contribution in [0.15, 0.2) is 24.3 Å². The number of rotatable bonds is 2. The summed E-state index contributed by atoms with van der Waals surface area (Å²) in [5.74, 6) is 0.952. The van der Waals surface area contributed by atoms with Crippen molar-refractivity contribution >= 4 is 5.69 Å². The smallest absolute Gasteiger partial charge is 0.120 e. The molecule has 1 unspecified atom stereocenters. The van der Waals surface area contributed by atoms with Gasteiger partial charge in [-0.2, -0.15) is 0 Å². The lowest BCUT2D eigenvalue weighted by molar-refractivity contribution is 0.369. The largest absolute Gasteiger partial charge is 0.497 e. The summed E-state index contributed by atoms with van der Waals surface area (Å²) in [5.41, 5.74) is 1.83. The van der Waals surface area contributed by atoms with Gasteiger partial charge in [0, 0.05) is 36.8 Å². The average Bonchev–Trinajstić information content (AvgIpc) is 3.01. The molecule has 1 atom stereocenters. The molecule has 2 aliphatic rings. The zero-order valence-electron chi connectivity index (χ0n) is 10.4. The minimum atomic E-state index is 0.531. The third-order valence-electron chi connectivity index (χ3n) is 4.19. The molecule has 1 aromatic carbocycles. The van der Waals surface area contributed by atoms with E-state index in [0.717, 1.165) is 5.75 Å². The summed E-state index contributed by atoms with van der Waals surface area (Å²) >= 11 is 0. The number of benzene rings is 1. The Kier molecular flexibility index (Phi) is 2.71. The van der Waals surface area contributed by atoms with Gasteiger partial charge in [-0.25, -0.2) is 0 Å². The quantitative estimate of drug-likeness (QED) is 0.842. The highest BCUT2D eigenvalue weighted by Crippen LogP contribution is 2.38. The number of nitrogens with one attached hydrogen (secondary N) is 1. The van der Waals surface area contributed by atoms with Gasteiger partial charge in [0.05, 0.1) is 7.11 Å². The van der Waals surface area contributed by atoms with Crippen molar-refractivity contribution in [3.05, 3.63) is 24.3 Å². The van der Waals surface area contributed by atoms with Crippen molar-refractivity contribution in [1.29, 1.82) is 0 Å². The third-order valence-corrected chi connectivity index (χ3v) is 4.19. The molecule has 0 bridgehead atoms. The molecular weight excluding hydrogens is 212 g/mol. The summed E-state index contributed by atoms with van der Waals surface area (Å²) in [4.78, 5) is 2.50. The van der Waals surface area contributed by atoms with Crippen LogP contribution in [0.1, 0.15) is 12.8 Å². The number of anilines is 1. The second-order valence-corrected chi connectivity index (χ2v) is 5.30. The maximum atomic E-state index is 5.29. The molecule has 2 aliphatic heterocycles. The summed E-state index contributed by atoms with van der Waals surface area (Å²) in [6.07, 6.45) is 2.64. The molecule has 2 fully saturated rings. The highest BCUT2D eigenvalue weighted by Gasteiger charge is 2.40. The van der Waals surface area contributed by atoms with Crippen LogP contribution >= 0.6 is 0 Å². The zero-order chi connectivity index (χ0) is 11.7. The van der Waals surface area contributed by atoms with E-state index in [2.05, 4.69) is 28.4 Å². The molecule has 0 amide bonds. The molecule has 0 saturated carbocycles.